The van der Waals surface area contributed by atoms with E-state index in [0.717, 1.165) is 35.9 Å². The second-order valence-electron chi connectivity index (χ2n) is 18.8. The zero-order valence-electron chi connectivity index (χ0n) is 42.3. The number of aliphatic hydroxyl groups is 1. The van der Waals surface area contributed by atoms with Crippen molar-refractivity contribution >= 4 is 59.1 Å². The number of imide groups is 1. The van der Waals surface area contributed by atoms with Gasteiger partial charge in [0.2, 0.25) is 47.3 Å². The van der Waals surface area contributed by atoms with Crippen molar-refractivity contribution in [3.63, 3.8) is 0 Å². The molecule has 4 unspecified atom stereocenters. The van der Waals surface area contributed by atoms with E-state index >= 15 is 4.39 Å². The quantitative estimate of drug-likeness (QED) is 0.0306. The number of nitrogens with zero attached hydrogens (tertiary/aromatic N) is 4. The van der Waals surface area contributed by atoms with Crippen LogP contribution in [0.15, 0.2) is 97.5 Å². The number of hydrogen-bond acceptors (Lipinski definition) is 12. The van der Waals surface area contributed by atoms with E-state index in [4.69, 9.17) is 5.73 Å². The molecule has 76 heavy (non-hydrogen) atoms. The number of benzene rings is 2. The van der Waals surface area contributed by atoms with E-state index < -0.39 is 133 Å². The van der Waals surface area contributed by atoms with Crippen LogP contribution in [0.1, 0.15) is 63.4 Å². The Morgan fingerprint density at radius 1 is 0.763 bits per heavy atom. The minimum atomic E-state index is -1.75. The van der Waals surface area contributed by atoms with Gasteiger partial charge in [0, 0.05) is 73.7 Å². The molecule has 10 amide bonds. The number of pyridine rings is 1. The minimum Gasteiger partial charge on any atom is -0.387 e. The Kier molecular flexibility index (Phi) is 20.7. The lowest BCUT2D eigenvalue weighted by atomic mass is 9.82. The number of amides is 10. The third kappa shape index (κ3) is 16.9. The van der Waals surface area contributed by atoms with E-state index in [9.17, 15) is 57.4 Å². The van der Waals surface area contributed by atoms with Gasteiger partial charge in [-0.05, 0) is 66.3 Å². The summed E-state index contributed by atoms with van der Waals surface area (Å²) in [5.41, 5.74) is 6.65. The molecule has 0 bridgehead atoms. The van der Waals surface area contributed by atoms with Crippen LogP contribution in [0.3, 0.4) is 0 Å². The first-order chi connectivity index (χ1) is 36.0. The Morgan fingerprint density at radius 3 is 2.07 bits per heavy atom. The highest BCUT2D eigenvalue weighted by Gasteiger charge is 2.39. The van der Waals surface area contributed by atoms with Crippen molar-refractivity contribution in [1.29, 1.82) is 0 Å². The van der Waals surface area contributed by atoms with Gasteiger partial charge in [-0.15, -0.1) is 0 Å². The summed E-state index contributed by atoms with van der Waals surface area (Å²) in [4.78, 5) is 136. The molecule has 24 heteroatoms. The molecule has 2 aromatic carbocycles. The molecule has 3 heterocycles. The number of nitrogens with one attached hydrogen (secondary N) is 6. The second kappa shape index (κ2) is 27.0. The molecule has 0 aliphatic carbocycles. The van der Waals surface area contributed by atoms with Gasteiger partial charge in [-0.1, -0.05) is 51.1 Å². The third-order valence-corrected chi connectivity index (χ3v) is 11.8. The van der Waals surface area contributed by atoms with Gasteiger partial charge in [0.25, 0.3) is 11.8 Å². The van der Waals surface area contributed by atoms with Crippen molar-refractivity contribution < 1.29 is 61.8 Å². The molecule has 2 aromatic heterocycles. The van der Waals surface area contributed by atoms with Gasteiger partial charge in [-0.2, -0.15) is 0 Å². The van der Waals surface area contributed by atoms with Gasteiger partial charge in [0.15, 0.2) is 0 Å². The summed E-state index contributed by atoms with van der Waals surface area (Å²) in [7, 11) is 0. The first kappa shape index (κ1) is 58.2. The van der Waals surface area contributed by atoms with Gasteiger partial charge < -0.3 is 52.2 Å². The molecular formula is C52H61F2N11O11. The van der Waals surface area contributed by atoms with Crippen LogP contribution >= 0.6 is 0 Å². The van der Waals surface area contributed by atoms with Gasteiger partial charge in [-0.3, -0.25) is 57.8 Å². The molecule has 0 fully saturated rings. The van der Waals surface area contributed by atoms with E-state index in [1.54, 1.807) is 49.7 Å². The number of nitrogens with two attached hydrogens (primary N) is 1. The van der Waals surface area contributed by atoms with Crippen LogP contribution in [-0.4, -0.2) is 141 Å². The molecule has 1 aliphatic heterocycles. The van der Waals surface area contributed by atoms with Crippen molar-refractivity contribution in [1.82, 2.24) is 51.3 Å². The SMILES string of the molecule is CC(NC(=O)CNC(=O)Cc1ccncc1)C(=O)NC(CC(N)=O)C(=O)NC(CCN(C(=O)CO)C(c1cc(-c2cc(F)ccc2F)cn1Cc1ccccc1)C(C)(C)C)C(=O)NCCNC(=O)CN1C(=O)C=CC1=O. The number of aromatic nitrogens is 2. The number of hydrogen-bond donors (Lipinski definition) is 8. The Hall–Kier alpha value is -8.67. The second-order valence-corrected chi connectivity index (χ2v) is 18.8. The van der Waals surface area contributed by atoms with Crippen LogP contribution in [0.25, 0.3) is 11.1 Å². The predicted molar refractivity (Wildman–Crippen MR) is 269 cm³/mol. The molecule has 9 N–H and O–H groups in total. The lowest BCUT2D eigenvalue weighted by Gasteiger charge is -2.41. The molecule has 1 aliphatic rings. The van der Waals surface area contributed by atoms with Crippen molar-refractivity contribution in [2.45, 2.75) is 77.7 Å². The number of carbonyl (C=O) groups is 10. The van der Waals surface area contributed by atoms with E-state index in [1.807, 2.05) is 30.3 Å². The summed E-state index contributed by atoms with van der Waals surface area (Å²) in [6.45, 7) is 3.81. The first-order valence-corrected chi connectivity index (χ1v) is 24.1. The highest BCUT2D eigenvalue weighted by atomic mass is 19.1. The minimum absolute atomic E-state index is 0.0499. The predicted octanol–water partition coefficient (Wildman–Crippen LogP) is 0.0408. The topological polar surface area (TPSA) is 313 Å². The number of aliphatic hydroxyl groups excluding tert-OH is 1. The maximum absolute atomic E-state index is 15.4. The van der Waals surface area contributed by atoms with Gasteiger partial charge in [0.05, 0.1) is 25.4 Å². The van der Waals surface area contributed by atoms with Crippen LogP contribution < -0.4 is 37.6 Å². The standard InChI is InChI=1S/C52H61F2N11O11/c1-31(60-43(69)26-59-42(68)22-32-14-17-56-18-15-32)49(74)62-39(25-41(55)67)51(76)61-38(50(75)58-20-19-57-44(70)29-65-45(71)12-13-46(65)72)16-21-64(47(73)30-66)48(52(2,3)4)40-23-34(36-24-35(53)10-11-37(36)54)28-63(40)27-33-8-6-5-7-9-33/h5-15,17-18,23-24,28,31,38-39,48,66H,16,19-22,25-27,29-30H2,1-4H3,(H2,55,67)(H,57,70)(H,58,75)(H,59,68)(H,60,69)(H,61,76)(H,62,74). The summed E-state index contributed by atoms with van der Waals surface area (Å²) in [5.74, 6) is -9.66. The summed E-state index contributed by atoms with van der Waals surface area (Å²) in [6.07, 6.45) is 5.36. The van der Waals surface area contributed by atoms with Gasteiger partial charge >= 0.3 is 0 Å². The Bertz CT molecular complexity index is 2800. The highest BCUT2D eigenvalue weighted by molar-refractivity contribution is 6.14. The van der Waals surface area contributed by atoms with Crippen molar-refractivity contribution in [3.8, 4) is 11.1 Å². The average molecular weight is 1050 g/mol. The molecular weight excluding hydrogens is 993 g/mol. The van der Waals surface area contributed by atoms with E-state index in [0.29, 0.717) is 16.2 Å². The Balaban J connectivity index is 1.40. The van der Waals surface area contributed by atoms with Crippen LogP contribution in [0.4, 0.5) is 8.78 Å². The van der Waals surface area contributed by atoms with E-state index in [-0.39, 0.29) is 43.7 Å². The molecule has 0 saturated carbocycles. The Labute approximate surface area is 436 Å². The number of rotatable bonds is 26. The lowest BCUT2D eigenvalue weighted by Crippen LogP contribution is -2.58. The van der Waals surface area contributed by atoms with Crippen LogP contribution in [0.5, 0.6) is 0 Å². The fourth-order valence-electron chi connectivity index (χ4n) is 8.20. The zero-order chi connectivity index (χ0) is 55.7. The maximum Gasteiger partial charge on any atom is 0.254 e. The summed E-state index contributed by atoms with van der Waals surface area (Å²) in [5, 5.41) is 25.2. The highest BCUT2D eigenvalue weighted by Crippen LogP contribution is 2.41. The molecule has 0 saturated heterocycles. The third-order valence-electron chi connectivity index (χ3n) is 11.8. The Morgan fingerprint density at radius 2 is 1.42 bits per heavy atom. The maximum atomic E-state index is 15.4. The van der Waals surface area contributed by atoms with Crippen molar-refractivity contribution in [3.05, 3.63) is 126 Å². The molecule has 404 valence electrons. The summed E-state index contributed by atoms with van der Waals surface area (Å²) >= 11 is 0. The number of halogens is 2. The summed E-state index contributed by atoms with van der Waals surface area (Å²) < 4.78 is 31.7. The zero-order valence-corrected chi connectivity index (χ0v) is 42.3. The van der Waals surface area contributed by atoms with Crippen LogP contribution in [0.2, 0.25) is 0 Å². The molecule has 22 nitrogen and oxygen atoms in total. The number of primary amides is 1. The van der Waals surface area contributed by atoms with Crippen molar-refractivity contribution in [2.75, 3.05) is 39.3 Å². The fraction of sp³-hybridized carbons (Fsp3) is 0.365. The smallest absolute Gasteiger partial charge is 0.254 e. The van der Waals surface area contributed by atoms with Crippen LogP contribution in [-0.2, 0) is 60.9 Å². The largest absolute Gasteiger partial charge is 0.387 e. The van der Waals surface area contributed by atoms with Crippen molar-refractivity contribution in [2.24, 2.45) is 11.1 Å². The number of carbonyl (C=O) groups excluding carboxylic acids is 10. The normalized spacial score (nSPS) is 13.7. The van der Waals surface area contributed by atoms with E-state index in [2.05, 4.69) is 36.9 Å². The first-order valence-electron chi connectivity index (χ1n) is 24.1. The van der Waals surface area contributed by atoms with E-state index in [1.165, 1.54) is 24.2 Å². The molecule has 0 radical (unpaired) electrons. The molecule has 0 spiro atoms. The lowest BCUT2D eigenvalue weighted by molar-refractivity contribution is -0.141. The van der Waals surface area contributed by atoms with Crippen LogP contribution in [0, 0.1) is 17.0 Å². The monoisotopic (exact) mass is 1050 g/mol. The molecule has 4 aromatic rings. The fourth-order valence-corrected chi connectivity index (χ4v) is 8.20. The average Bonchev–Trinajstić information content (AvgIpc) is 3.92. The van der Waals surface area contributed by atoms with Gasteiger partial charge in [0.1, 0.15) is 42.9 Å². The molecule has 4 atom stereocenters. The molecule has 5 rings (SSSR count). The summed E-state index contributed by atoms with van der Waals surface area (Å²) in [6, 6.07) is 11.3. The van der Waals surface area contributed by atoms with Gasteiger partial charge in [-0.25, -0.2) is 8.78 Å².